The van der Waals surface area contributed by atoms with Crippen LogP contribution in [-0.2, 0) is 0 Å². The zero-order chi connectivity index (χ0) is 37.8. The van der Waals surface area contributed by atoms with E-state index in [1.807, 2.05) is 0 Å². The van der Waals surface area contributed by atoms with Crippen LogP contribution in [0.2, 0.25) is 0 Å². The van der Waals surface area contributed by atoms with E-state index >= 15 is 0 Å². The Balaban J connectivity index is 0. The first-order valence-electron chi connectivity index (χ1n) is 13.6. The van der Waals surface area contributed by atoms with Gasteiger partial charge in [-0.15, -0.1) is 0 Å². The molecule has 5 rings (SSSR count). The summed E-state index contributed by atoms with van der Waals surface area (Å²) >= 11 is 0. The van der Waals surface area contributed by atoms with Crippen molar-refractivity contribution in [1.82, 2.24) is 0 Å². The third-order valence-electron chi connectivity index (χ3n) is 5.62. The summed E-state index contributed by atoms with van der Waals surface area (Å²) in [7, 11) is 0. The molecule has 2 radical (unpaired) electrons. The molecule has 17 heteroatoms. The van der Waals surface area contributed by atoms with E-state index in [9.17, 15) is 39.3 Å². The van der Waals surface area contributed by atoms with Crippen LogP contribution >= 0.6 is 0 Å². The zero-order valence-electron chi connectivity index (χ0n) is 26.4. The Hall–Kier alpha value is -6.71. The number of para-hydroxylation sites is 5. The van der Waals surface area contributed by atoms with Crippen LogP contribution in [0.25, 0.3) is 0 Å². The molecule has 5 aromatic carbocycles. The van der Waals surface area contributed by atoms with Gasteiger partial charge in [0.25, 0.3) is 0 Å². The van der Waals surface area contributed by atoms with Crippen LogP contribution in [-0.4, -0.2) is 97.3 Å². The first-order valence-corrected chi connectivity index (χ1v) is 13.6. The van der Waals surface area contributed by atoms with Gasteiger partial charge in [-0.3, -0.25) is 0 Å². The van der Waals surface area contributed by atoms with Gasteiger partial charge in [0.15, 0.2) is 0 Å². The van der Waals surface area contributed by atoms with Crippen molar-refractivity contribution in [2.75, 3.05) is 0 Å². The molecule has 0 unspecified atom stereocenters. The average molecular weight is 915 g/mol. The second kappa shape index (κ2) is 24.4. The number of carboxylic acid groups (broad SMARTS) is 5. The van der Waals surface area contributed by atoms with E-state index in [4.69, 9.17) is 35.7 Å². The van der Waals surface area contributed by atoms with E-state index in [-0.39, 0.29) is 71.0 Å². The summed E-state index contributed by atoms with van der Waals surface area (Å²) in [5.74, 6) is -7.50. The molecule has 0 bridgehead atoms. The Morgan fingerprint density at radius 2 is 0.519 bits per heavy atom. The van der Waals surface area contributed by atoms with Crippen molar-refractivity contribution in [1.29, 1.82) is 0 Å². The van der Waals surface area contributed by atoms with Crippen LogP contribution in [0.15, 0.2) is 121 Å². The van der Waals surface area contributed by atoms with Gasteiger partial charge >= 0.3 is 56.0 Å². The van der Waals surface area contributed by atoms with Crippen LogP contribution in [0, 0.1) is 0 Å². The molecule has 5 aromatic rings. The van der Waals surface area contributed by atoms with Crippen LogP contribution in [0.1, 0.15) is 51.8 Å². The van der Waals surface area contributed by atoms with Gasteiger partial charge < -0.3 is 56.5 Å². The van der Waals surface area contributed by atoms with Gasteiger partial charge in [-0.1, -0.05) is 96.1 Å². The third kappa shape index (κ3) is 16.6. The minimum absolute atomic E-state index is 0. The molecule has 0 aliphatic rings. The fourth-order valence-electron chi connectivity index (χ4n) is 3.24. The van der Waals surface area contributed by atoms with E-state index in [2.05, 4.69) is 0 Å². The standard InChI is InChI=1S/5C7H6O3.Bi.H2O/c5*8-6-4-2-1-3-5(6)7(9)10;;/h5*1-4,8H,(H,9,10);;1H2/q;;;;;+3;/p-3. The van der Waals surface area contributed by atoms with Crippen molar-refractivity contribution in [2.24, 2.45) is 0 Å². The van der Waals surface area contributed by atoms with Crippen molar-refractivity contribution in [3.8, 4) is 28.7 Å². The first-order chi connectivity index (χ1) is 23.6. The van der Waals surface area contributed by atoms with E-state index in [0.29, 0.717) is 0 Å². The molecular formula is C35H29BiO16. The molecule has 0 atom stereocenters. The van der Waals surface area contributed by atoms with Crippen molar-refractivity contribution in [3.05, 3.63) is 149 Å². The molecule has 0 aromatic heterocycles. The van der Waals surface area contributed by atoms with Crippen molar-refractivity contribution >= 4 is 56.0 Å². The summed E-state index contributed by atoms with van der Waals surface area (Å²) in [6.07, 6.45) is 0. The predicted octanol–water partition coefficient (Wildman–Crippen LogP) is 2.35. The molecule has 16 nitrogen and oxygen atoms in total. The Labute approximate surface area is 313 Å². The molecule has 0 amide bonds. The van der Waals surface area contributed by atoms with Gasteiger partial charge in [-0.25, -0.2) is 24.0 Å². The molecule has 0 spiro atoms. The van der Waals surface area contributed by atoms with Gasteiger partial charge in [0.1, 0.15) is 22.6 Å². The van der Waals surface area contributed by atoms with Crippen LogP contribution < -0.4 is 15.3 Å². The minimum Gasteiger partial charge on any atom is -0.872 e. The molecular weight excluding hydrogens is 885 g/mol. The Morgan fingerprint density at radius 3 is 0.654 bits per heavy atom. The van der Waals surface area contributed by atoms with Crippen molar-refractivity contribution in [2.45, 2.75) is 0 Å². The van der Waals surface area contributed by atoms with Gasteiger partial charge in [0.05, 0.1) is 16.7 Å². The van der Waals surface area contributed by atoms with E-state index in [0.717, 1.165) is 0 Å². The number of aromatic hydroxyl groups is 2. The number of rotatable bonds is 5. The first kappa shape index (κ1) is 47.4. The third-order valence-corrected chi connectivity index (χ3v) is 5.62. The van der Waals surface area contributed by atoms with Crippen LogP contribution in [0.5, 0.6) is 28.7 Å². The number of aromatic carboxylic acids is 5. The predicted molar refractivity (Wildman–Crippen MR) is 178 cm³/mol. The number of carbonyl (C=O) groups is 5. The van der Waals surface area contributed by atoms with Crippen molar-refractivity contribution < 1.29 is 80.5 Å². The SMILES string of the molecule is O.O=C(O)c1ccccc1O.O=C(O)c1ccccc1O.O=C(O)c1ccccc1[O-].O=C(O)c1ccccc1[O-].O=C(O)c1ccccc1[O-].[Bi+3]. The Kier molecular flexibility index (Phi) is 22.3. The smallest absolute Gasteiger partial charge is 0.872 e. The maximum Gasteiger partial charge on any atom is 3.00 e. The topological polar surface area (TPSA) is 328 Å². The quantitative estimate of drug-likeness (QED) is 0.125. The van der Waals surface area contributed by atoms with Gasteiger partial charge in [-0.2, -0.15) is 0 Å². The summed E-state index contributed by atoms with van der Waals surface area (Å²) in [6, 6.07) is 28.2. The summed E-state index contributed by atoms with van der Waals surface area (Å²) in [5, 5.41) is 91.7. The maximum absolute atomic E-state index is 10.7. The molecule has 0 fully saturated rings. The van der Waals surface area contributed by atoms with E-state index in [1.165, 1.54) is 97.1 Å². The number of benzene rings is 5. The molecule has 270 valence electrons. The normalized spacial score (nSPS) is 8.85. The number of hydrogen-bond acceptors (Lipinski definition) is 10. The average Bonchev–Trinajstić information content (AvgIpc) is 3.06. The fourth-order valence-corrected chi connectivity index (χ4v) is 3.24. The summed E-state index contributed by atoms with van der Waals surface area (Å²) < 4.78 is 0. The Bertz CT molecular complexity index is 1600. The van der Waals surface area contributed by atoms with Gasteiger partial charge in [0, 0.05) is 0 Å². The van der Waals surface area contributed by atoms with Crippen LogP contribution in [0.4, 0.5) is 0 Å². The monoisotopic (exact) mass is 914 g/mol. The second-order valence-electron chi connectivity index (χ2n) is 9.05. The van der Waals surface area contributed by atoms with E-state index in [1.54, 1.807) is 24.3 Å². The molecule has 0 saturated heterocycles. The van der Waals surface area contributed by atoms with Crippen LogP contribution in [0.3, 0.4) is 0 Å². The zero-order valence-corrected chi connectivity index (χ0v) is 29.9. The van der Waals surface area contributed by atoms with Gasteiger partial charge in [-0.05, 0) is 42.5 Å². The molecule has 0 aliphatic heterocycles. The fraction of sp³-hybridized carbons (Fsp3) is 0. The largest absolute Gasteiger partial charge is 3.00 e. The molecule has 9 N–H and O–H groups in total. The second-order valence-corrected chi connectivity index (χ2v) is 9.05. The summed E-state index contributed by atoms with van der Waals surface area (Å²) in [5.41, 5.74) is -0.669. The summed E-state index contributed by atoms with van der Waals surface area (Å²) in [6.45, 7) is 0. The molecule has 0 aliphatic carbocycles. The number of hydrogen-bond donors (Lipinski definition) is 7. The number of phenols is 2. The summed E-state index contributed by atoms with van der Waals surface area (Å²) in [4.78, 5) is 51.2. The molecule has 0 saturated carbocycles. The number of carboxylic acids is 5. The maximum atomic E-state index is 10.7. The molecule has 52 heavy (non-hydrogen) atoms. The minimum atomic E-state index is -1.18. The van der Waals surface area contributed by atoms with Crippen molar-refractivity contribution in [3.63, 3.8) is 0 Å². The molecule has 0 heterocycles. The van der Waals surface area contributed by atoms with Gasteiger partial charge in [0.2, 0.25) is 0 Å². The Morgan fingerprint density at radius 1 is 0.346 bits per heavy atom. The van der Waals surface area contributed by atoms with E-state index < -0.39 is 47.1 Å².